The average Bonchev–Trinajstić information content (AvgIpc) is 2.40. The van der Waals surface area contributed by atoms with Crippen LogP contribution in [0.4, 0.5) is 0 Å². The summed E-state index contributed by atoms with van der Waals surface area (Å²) in [5.41, 5.74) is 1.02. The predicted molar refractivity (Wildman–Crippen MR) is 77.0 cm³/mol. The summed E-state index contributed by atoms with van der Waals surface area (Å²) in [6, 6.07) is 10.6. The van der Waals surface area contributed by atoms with E-state index < -0.39 is 0 Å². The number of benzene rings is 1. The van der Waals surface area contributed by atoms with E-state index >= 15 is 0 Å². The van der Waals surface area contributed by atoms with Crippen LogP contribution >= 0.6 is 15.9 Å². The maximum absolute atomic E-state index is 11.9. The molecule has 0 saturated carbocycles. The highest BCUT2D eigenvalue weighted by Gasteiger charge is 2.07. The molecule has 1 aromatic carbocycles. The van der Waals surface area contributed by atoms with Crippen LogP contribution < -0.4 is 10.9 Å². The van der Waals surface area contributed by atoms with Crippen LogP contribution in [-0.2, 0) is 13.6 Å². The molecule has 2 rings (SSSR count). The van der Waals surface area contributed by atoms with Crippen LogP contribution in [0.1, 0.15) is 15.9 Å². The molecule has 0 radical (unpaired) electrons. The first-order valence-electron chi connectivity index (χ1n) is 5.76. The van der Waals surface area contributed by atoms with Gasteiger partial charge in [0.25, 0.3) is 11.5 Å². The second-order valence-corrected chi connectivity index (χ2v) is 5.06. The van der Waals surface area contributed by atoms with E-state index in [-0.39, 0.29) is 18.0 Å². The van der Waals surface area contributed by atoms with Crippen LogP contribution in [-0.4, -0.2) is 10.5 Å². The normalized spacial score (nSPS) is 10.2. The number of amides is 1. The largest absolute Gasteiger partial charge is 0.348 e. The van der Waals surface area contributed by atoms with Gasteiger partial charge in [0.1, 0.15) is 0 Å². The number of aromatic nitrogens is 1. The minimum atomic E-state index is -0.202. The zero-order valence-corrected chi connectivity index (χ0v) is 12.0. The van der Waals surface area contributed by atoms with E-state index in [4.69, 9.17) is 0 Å². The number of carbonyl (C=O) groups excluding carboxylic acids is 1. The fraction of sp³-hybridized carbons (Fsp3) is 0.143. The van der Waals surface area contributed by atoms with Crippen molar-refractivity contribution in [3.8, 4) is 0 Å². The summed E-state index contributed by atoms with van der Waals surface area (Å²) >= 11 is 3.31. The Kier molecular flexibility index (Phi) is 4.16. The van der Waals surface area contributed by atoms with Crippen molar-refractivity contribution in [3.63, 3.8) is 0 Å². The molecule has 1 amide bonds. The Morgan fingerprint density at radius 1 is 1.32 bits per heavy atom. The standard InChI is InChI=1S/C14H13BrN2O2/c1-17-7-3-5-11(14(17)19)9-16-13(18)10-4-2-6-12(15)8-10/h2-8H,9H2,1H3,(H,16,18). The molecule has 0 aliphatic carbocycles. The Morgan fingerprint density at radius 2 is 2.11 bits per heavy atom. The van der Waals surface area contributed by atoms with Gasteiger partial charge in [-0.2, -0.15) is 0 Å². The number of rotatable bonds is 3. The van der Waals surface area contributed by atoms with Crippen molar-refractivity contribution >= 4 is 21.8 Å². The maximum Gasteiger partial charge on any atom is 0.255 e. The summed E-state index contributed by atoms with van der Waals surface area (Å²) in [5, 5.41) is 2.74. The molecule has 5 heteroatoms. The van der Waals surface area contributed by atoms with Gasteiger partial charge in [0.15, 0.2) is 0 Å². The zero-order valence-electron chi connectivity index (χ0n) is 10.4. The van der Waals surface area contributed by atoms with Crippen molar-refractivity contribution in [2.45, 2.75) is 6.54 Å². The van der Waals surface area contributed by atoms with Crippen molar-refractivity contribution in [2.24, 2.45) is 7.05 Å². The summed E-state index contributed by atoms with van der Waals surface area (Å²) in [7, 11) is 1.68. The van der Waals surface area contributed by atoms with Gasteiger partial charge in [-0.1, -0.05) is 28.1 Å². The van der Waals surface area contributed by atoms with Gasteiger partial charge in [-0.25, -0.2) is 0 Å². The molecule has 0 aliphatic heterocycles. The van der Waals surface area contributed by atoms with E-state index in [2.05, 4.69) is 21.2 Å². The maximum atomic E-state index is 11.9. The third-order valence-electron chi connectivity index (χ3n) is 2.73. The van der Waals surface area contributed by atoms with Gasteiger partial charge < -0.3 is 9.88 Å². The molecule has 1 N–H and O–H groups in total. The van der Waals surface area contributed by atoms with Crippen LogP contribution in [0.15, 0.2) is 51.9 Å². The Balaban J connectivity index is 2.09. The minimum Gasteiger partial charge on any atom is -0.348 e. The minimum absolute atomic E-state index is 0.1000. The first kappa shape index (κ1) is 13.5. The highest BCUT2D eigenvalue weighted by Crippen LogP contribution is 2.11. The Hall–Kier alpha value is -1.88. The van der Waals surface area contributed by atoms with Gasteiger partial charge in [-0.3, -0.25) is 9.59 Å². The van der Waals surface area contributed by atoms with Crippen LogP contribution in [0.5, 0.6) is 0 Å². The van der Waals surface area contributed by atoms with Crippen LogP contribution in [0, 0.1) is 0 Å². The number of carbonyl (C=O) groups is 1. The lowest BCUT2D eigenvalue weighted by Gasteiger charge is -2.06. The number of halogens is 1. The number of pyridine rings is 1. The van der Waals surface area contributed by atoms with Crippen molar-refractivity contribution in [2.75, 3.05) is 0 Å². The molecule has 98 valence electrons. The summed E-state index contributed by atoms with van der Waals surface area (Å²) in [6.45, 7) is 0.221. The number of aryl methyl sites for hydroxylation is 1. The summed E-state index contributed by atoms with van der Waals surface area (Å²) < 4.78 is 2.33. The summed E-state index contributed by atoms with van der Waals surface area (Å²) in [6.07, 6.45) is 1.68. The molecule has 0 atom stereocenters. The molecule has 0 saturated heterocycles. The highest BCUT2D eigenvalue weighted by molar-refractivity contribution is 9.10. The summed E-state index contributed by atoms with van der Waals surface area (Å²) in [5.74, 6) is -0.202. The zero-order chi connectivity index (χ0) is 13.8. The van der Waals surface area contributed by atoms with E-state index in [9.17, 15) is 9.59 Å². The Bertz CT molecular complexity index is 664. The van der Waals surface area contributed by atoms with Crippen molar-refractivity contribution in [1.29, 1.82) is 0 Å². The number of hydrogen-bond donors (Lipinski definition) is 1. The fourth-order valence-electron chi connectivity index (χ4n) is 1.70. The second-order valence-electron chi connectivity index (χ2n) is 4.14. The highest BCUT2D eigenvalue weighted by atomic mass is 79.9. The molecule has 1 aromatic heterocycles. The van der Waals surface area contributed by atoms with E-state index in [1.54, 1.807) is 43.6 Å². The topological polar surface area (TPSA) is 51.1 Å². The van der Waals surface area contributed by atoms with Gasteiger partial charge in [0, 0.05) is 35.4 Å². The predicted octanol–water partition coefficient (Wildman–Crippen LogP) is 2.08. The molecule has 0 fully saturated rings. The first-order chi connectivity index (χ1) is 9.08. The van der Waals surface area contributed by atoms with E-state index in [1.165, 1.54) is 4.57 Å². The van der Waals surface area contributed by atoms with E-state index in [0.717, 1.165) is 4.47 Å². The third-order valence-corrected chi connectivity index (χ3v) is 3.22. The molecule has 0 unspecified atom stereocenters. The lowest BCUT2D eigenvalue weighted by atomic mass is 10.2. The van der Waals surface area contributed by atoms with Crippen LogP contribution in [0.3, 0.4) is 0 Å². The van der Waals surface area contributed by atoms with Gasteiger partial charge in [-0.15, -0.1) is 0 Å². The van der Waals surface area contributed by atoms with E-state index in [0.29, 0.717) is 11.1 Å². The smallest absolute Gasteiger partial charge is 0.255 e. The summed E-state index contributed by atoms with van der Waals surface area (Å²) in [4.78, 5) is 23.7. The lowest BCUT2D eigenvalue weighted by Crippen LogP contribution is -2.28. The van der Waals surface area contributed by atoms with Crippen molar-refractivity contribution < 1.29 is 4.79 Å². The molecular weight excluding hydrogens is 308 g/mol. The molecule has 1 heterocycles. The van der Waals surface area contributed by atoms with Crippen molar-refractivity contribution in [1.82, 2.24) is 9.88 Å². The quantitative estimate of drug-likeness (QED) is 0.941. The SMILES string of the molecule is Cn1cccc(CNC(=O)c2cccc(Br)c2)c1=O. The number of nitrogens with zero attached hydrogens (tertiary/aromatic N) is 1. The van der Waals surface area contributed by atoms with Gasteiger partial charge in [-0.05, 0) is 24.3 Å². The molecule has 0 bridgehead atoms. The average molecular weight is 321 g/mol. The monoisotopic (exact) mass is 320 g/mol. The van der Waals surface area contributed by atoms with Gasteiger partial charge in [0.05, 0.1) is 0 Å². The lowest BCUT2D eigenvalue weighted by molar-refractivity contribution is 0.0950. The molecule has 2 aromatic rings. The second kappa shape index (κ2) is 5.84. The molecule has 0 aliphatic rings. The first-order valence-corrected chi connectivity index (χ1v) is 6.55. The molecule has 19 heavy (non-hydrogen) atoms. The van der Waals surface area contributed by atoms with Crippen LogP contribution in [0.2, 0.25) is 0 Å². The Morgan fingerprint density at radius 3 is 2.84 bits per heavy atom. The van der Waals surface area contributed by atoms with E-state index in [1.807, 2.05) is 6.07 Å². The fourth-order valence-corrected chi connectivity index (χ4v) is 2.09. The van der Waals surface area contributed by atoms with Crippen LogP contribution in [0.25, 0.3) is 0 Å². The molecule has 0 spiro atoms. The van der Waals surface area contributed by atoms with Crippen molar-refractivity contribution in [3.05, 3.63) is 68.5 Å². The van der Waals surface area contributed by atoms with Gasteiger partial charge in [0.2, 0.25) is 0 Å². The molecule has 4 nitrogen and oxygen atoms in total. The third kappa shape index (κ3) is 3.32. The number of nitrogens with one attached hydrogen (secondary N) is 1. The Labute approximate surface area is 119 Å². The van der Waals surface area contributed by atoms with Gasteiger partial charge >= 0.3 is 0 Å². The number of hydrogen-bond acceptors (Lipinski definition) is 2. The molecular formula is C14H13BrN2O2.